The Labute approximate surface area is 189 Å². The third-order valence-corrected chi connectivity index (χ3v) is 5.77. The number of aromatic nitrogens is 2. The fourth-order valence-corrected chi connectivity index (χ4v) is 4.19. The highest BCUT2D eigenvalue weighted by molar-refractivity contribution is 5.92. The predicted molar refractivity (Wildman–Crippen MR) is 117 cm³/mol. The second-order valence-electron chi connectivity index (χ2n) is 7.73. The Balaban J connectivity index is 1.66. The molecule has 9 nitrogen and oxygen atoms in total. The fraction of sp³-hybridized carbons (Fsp3) is 0.208. The molecular weight excluding hydrogens is 426 g/mol. The molecule has 0 fully saturated rings. The third-order valence-electron chi connectivity index (χ3n) is 5.77. The van der Waals surface area contributed by atoms with E-state index in [1.807, 2.05) is 25.1 Å². The molecule has 1 aromatic carbocycles. The van der Waals surface area contributed by atoms with E-state index < -0.39 is 11.9 Å². The number of nitrogens with two attached hydrogens (primary N) is 1. The summed E-state index contributed by atoms with van der Waals surface area (Å²) in [6, 6.07) is 10.8. The van der Waals surface area contributed by atoms with Gasteiger partial charge in [0.1, 0.15) is 11.3 Å². The van der Waals surface area contributed by atoms with Crippen molar-refractivity contribution in [2.75, 3.05) is 13.9 Å². The lowest BCUT2D eigenvalue weighted by Gasteiger charge is -2.28. The summed E-state index contributed by atoms with van der Waals surface area (Å²) in [6.45, 7) is 2.28. The Hall–Kier alpha value is -4.27. The van der Waals surface area contributed by atoms with Gasteiger partial charge in [-0.05, 0) is 36.2 Å². The van der Waals surface area contributed by atoms with Gasteiger partial charge in [0.15, 0.2) is 11.5 Å². The summed E-state index contributed by atoms with van der Waals surface area (Å²) in [4.78, 5) is 30.6. The number of hydrogen-bond acceptors (Lipinski definition) is 8. The molecule has 5 rings (SSSR count). The van der Waals surface area contributed by atoms with Gasteiger partial charge in [-0.3, -0.25) is 9.78 Å². The molecule has 0 unspecified atom stereocenters. The van der Waals surface area contributed by atoms with Crippen LogP contribution in [-0.2, 0) is 16.1 Å². The summed E-state index contributed by atoms with van der Waals surface area (Å²) >= 11 is 0. The number of nitrogens with zero attached hydrogens (tertiary/aromatic N) is 2. The summed E-state index contributed by atoms with van der Waals surface area (Å²) in [6.07, 6.45) is 3.21. The molecule has 0 amide bonds. The van der Waals surface area contributed by atoms with E-state index >= 15 is 0 Å². The number of pyridine rings is 2. The number of aryl methyl sites for hydroxylation is 1. The van der Waals surface area contributed by atoms with Crippen LogP contribution in [0.15, 0.2) is 65.0 Å². The maximum absolute atomic E-state index is 13.8. The van der Waals surface area contributed by atoms with Crippen LogP contribution >= 0.6 is 0 Å². The molecule has 0 aliphatic carbocycles. The van der Waals surface area contributed by atoms with E-state index in [2.05, 4.69) is 4.98 Å². The van der Waals surface area contributed by atoms with Crippen LogP contribution in [0.3, 0.4) is 0 Å². The van der Waals surface area contributed by atoms with E-state index in [1.165, 1.54) is 7.11 Å². The van der Waals surface area contributed by atoms with Crippen LogP contribution < -0.4 is 25.5 Å². The highest BCUT2D eigenvalue weighted by Crippen LogP contribution is 2.41. The molecular formula is C24H21N3O6. The summed E-state index contributed by atoms with van der Waals surface area (Å²) < 4.78 is 23.1. The Morgan fingerprint density at radius 2 is 2.03 bits per heavy atom. The number of fused-ring (bicyclic) bond motifs is 2. The van der Waals surface area contributed by atoms with Crippen molar-refractivity contribution in [3.05, 3.63) is 93.0 Å². The lowest BCUT2D eigenvalue weighted by molar-refractivity contribution is -0.136. The van der Waals surface area contributed by atoms with Gasteiger partial charge in [0.25, 0.3) is 5.56 Å². The van der Waals surface area contributed by atoms with Gasteiger partial charge in [0.2, 0.25) is 12.7 Å². The summed E-state index contributed by atoms with van der Waals surface area (Å²) in [5.41, 5.74) is 8.34. The standard InChI is InChI=1S/C24H21N3O6/c1-13-8-18-20(23(28)27(13)11-14-5-6-16-17(9-14)32-12-31-16)19(15-4-3-7-26-10-15)21(22(25)33-18)24(29)30-2/h3-10,19H,11-12,25H2,1-2H3/t19-/m1/s1. The minimum atomic E-state index is -0.786. The van der Waals surface area contributed by atoms with Crippen LogP contribution in [0, 0.1) is 6.92 Å². The van der Waals surface area contributed by atoms with Crippen LogP contribution in [0.4, 0.5) is 0 Å². The van der Waals surface area contributed by atoms with Gasteiger partial charge in [-0.2, -0.15) is 0 Å². The minimum absolute atomic E-state index is 0.0635. The first-order chi connectivity index (χ1) is 16.0. The maximum Gasteiger partial charge on any atom is 0.340 e. The second kappa shape index (κ2) is 8.01. The predicted octanol–water partition coefficient (Wildman–Crippen LogP) is 2.20. The van der Waals surface area contributed by atoms with E-state index in [-0.39, 0.29) is 23.8 Å². The number of benzene rings is 1. The Morgan fingerprint density at radius 3 is 2.79 bits per heavy atom. The Kier molecular flexibility index (Phi) is 5.01. The zero-order valence-electron chi connectivity index (χ0n) is 18.0. The minimum Gasteiger partial charge on any atom is -0.465 e. The van der Waals surface area contributed by atoms with Gasteiger partial charge in [0.05, 0.1) is 25.1 Å². The second-order valence-corrected chi connectivity index (χ2v) is 7.73. The number of rotatable bonds is 4. The number of carbonyl (C=O) groups excluding carboxylic acids is 1. The number of carbonyl (C=O) groups is 1. The first kappa shape index (κ1) is 20.6. The van der Waals surface area contributed by atoms with Crippen molar-refractivity contribution in [1.82, 2.24) is 9.55 Å². The largest absolute Gasteiger partial charge is 0.465 e. The molecule has 4 heterocycles. The average molecular weight is 447 g/mol. The molecule has 0 radical (unpaired) electrons. The average Bonchev–Trinajstić information content (AvgIpc) is 3.29. The Morgan fingerprint density at radius 1 is 1.21 bits per heavy atom. The van der Waals surface area contributed by atoms with Gasteiger partial charge in [-0.15, -0.1) is 0 Å². The third kappa shape index (κ3) is 3.47. The van der Waals surface area contributed by atoms with Crippen LogP contribution in [0.5, 0.6) is 17.2 Å². The Bertz CT molecular complexity index is 1350. The first-order valence-corrected chi connectivity index (χ1v) is 10.3. The molecule has 2 aliphatic heterocycles. The van der Waals surface area contributed by atoms with Gasteiger partial charge in [0, 0.05) is 24.2 Å². The van der Waals surface area contributed by atoms with Crippen molar-refractivity contribution in [2.45, 2.75) is 19.4 Å². The highest BCUT2D eigenvalue weighted by Gasteiger charge is 2.38. The van der Waals surface area contributed by atoms with Gasteiger partial charge < -0.3 is 29.2 Å². The first-order valence-electron chi connectivity index (χ1n) is 10.3. The van der Waals surface area contributed by atoms with Crippen molar-refractivity contribution in [2.24, 2.45) is 5.73 Å². The van der Waals surface area contributed by atoms with Crippen molar-refractivity contribution in [3.63, 3.8) is 0 Å². The highest BCUT2D eigenvalue weighted by atomic mass is 16.7. The SMILES string of the molecule is COC(=O)C1=C(N)Oc2cc(C)n(Cc3ccc4c(c3)OCO4)c(=O)c2[C@H]1c1cccnc1. The van der Waals surface area contributed by atoms with Gasteiger partial charge in [-0.25, -0.2) is 4.79 Å². The molecule has 0 bridgehead atoms. The van der Waals surface area contributed by atoms with Crippen LogP contribution in [0.2, 0.25) is 0 Å². The van der Waals surface area contributed by atoms with Crippen molar-refractivity contribution in [3.8, 4) is 17.2 Å². The van der Waals surface area contributed by atoms with E-state index in [0.717, 1.165) is 5.56 Å². The van der Waals surface area contributed by atoms with Gasteiger partial charge >= 0.3 is 5.97 Å². The number of hydrogen-bond donors (Lipinski definition) is 1. The number of ether oxygens (including phenoxy) is 4. The van der Waals surface area contributed by atoms with Crippen molar-refractivity contribution in [1.29, 1.82) is 0 Å². The summed E-state index contributed by atoms with van der Waals surface area (Å²) in [5, 5.41) is 0. The fourth-order valence-electron chi connectivity index (χ4n) is 4.19. The molecule has 0 saturated carbocycles. The topological polar surface area (TPSA) is 115 Å². The van der Waals surface area contributed by atoms with Crippen LogP contribution in [0.25, 0.3) is 0 Å². The molecule has 2 aliphatic rings. The molecule has 3 aromatic rings. The lowest BCUT2D eigenvalue weighted by atomic mass is 9.84. The van der Waals surface area contributed by atoms with E-state index in [0.29, 0.717) is 40.6 Å². The van der Waals surface area contributed by atoms with E-state index in [9.17, 15) is 9.59 Å². The van der Waals surface area contributed by atoms with E-state index in [4.69, 9.17) is 24.7 Å². The van der Waals surface area contributed by atoms with Crippen LogP contribution in [-0.4, -0.2) is 29.4 Å². The summed E-state index contributed by atoms with van der Waals surface area (Å²) in [7, 11) is 1.26. The molecule has 168 valence electrons. The molecule has 9 heteroatoms. The van der Waals surface area contributed by atoms with Gasteiger partial charge in [-0.1, -0.05) is 12.1 Å². The van der Waals surface area contributed by atoms with E-state index in [1.54, 1.807) is 35.2 Å². The summed E-state index contributed by atoms with van der Waals surface area (Å²) in [5.74, 6) is 0.0484. The number of methoxy groups -OCH3 is 1. The molecule has 2 aromatic heterocycles. The molecule has 0 saturated heterocycles. The molecule has 33 heavy (non-hydrogen) atoms. The molecule has 0 spiro atoms. The maximum atomic E-state index is 13.8. The monoisotopic (exact) mass is 447 g/mol. The quantitative estimate of drug-likeness (QED) is 0.606. The van der Waals surface area contributed by atoms with Crippen LogP contribution in [0.1, 0.15) is 28.3 Å². The number of esters is 1. The smallest absolute Gasteiger partial charge is 0.340 e. The van der Waals surface area contributed by atoms with Crippen molar-refractivity contribution >= 4 is 5.97 Å². The molecule has 2 N–H and O–H groups in total. The molecule has 1 atom stereocenters. The normalized spacial score (nSPS) is 16.2. The lowest BCUT2D eigenvalue weighted by Crippen LogP contribution is -2.35. The zero-order chi connectivity index (χ0) is 23.1. The zero-order valence-corrected chi connectivity index (χ0v) is 18.0. The van der Waals surface area contributed by atoms with Crippen molar-refractivity contribution < 1.29 is 23.7 Å².